The molecule has 1 heterocycles. The van der Waals surface area contributed by atoms with E-state index in [1.54, 1.807) is 37.3 Å². The van der Waals surface area contributed by atoms with Crippen molar-refractivity contribution in [3.05, 3.63) is 75.6 Å². The minimum absolute atomic E-state index is 0.0218. The first kappa shape index (κ1) is 20.6. The van der Waals surface area contributed by atoms with Crippen LogP contribution in [0.3, 0.4) is 0 Å². The summed E-state index contributed by atoms with van der Waals surface area (Å²) in [7, 11) is 0. The van der Waals surface area contributed by atoms with Gasteiger partial charge in [0, 0.05) is 29.4 Å². The molecule has 0 saturated heterocycles. The molecule has 154 valence electrons. The van der Waals surface area contributed by atoms with Gasteiger partial charge in [-0.05, 0) is 51.1 Å². The first-order chi connectivity index (χ1) is 14.3. The number of carbonyl (C=O) groups is 2. The quantitative estimate of drug-likeness (QED) is 0.476. The third-order valence-electron chi connectivity index (χ3n) is 4.22. The molecule has 0 unspecified atom stereocenters. The highest BCUT2D eigenvalue weighted by Gasteiger charge is 2.19. The summed E-state index contributed by atoms with van der Waals surface area (Å²) in [5, 5.41) is 24.3. The standard InChI is InChI=1S/C20H20N6O4/c1-12(2)21-19(27)14-7-9-15(10-8-14)22-20(28)18-13(3)25(24-23-18)16-5-4-6-17(11-16)26(29)30/h4-12H,1-3H3,(H,21,27)(H,22,28). The molecule has 3 aromatic rings. The smallest absolute Gasteiger partial charge is 0.278 e. The number of nitrogens with one attached hydrogen (secondary N) is 2. The zero-order valence-electron chi connectivity index (χ0n) is 16.6. The van der Waals surface area contributed by atoms with Crippen LogP contribution in [-0.4, -0.2) is 37.8 Å². The minimum atomic E-state index is -0.505. The molecule has 0 spiro atoms. The molecule has 3 rings (SSSR count). The normalized spacial score (nSPS) is 10.7. The number of non-ortho nitro benzene ring substituents is 1. The maximum Gasteiger partial charge on any atom is 0.278 e. The average molecular weight is 408 g/mol. The SMILES string of the molecule is Cc1c(C(=O)Nc2ccc(C(=O)NC(C)C)cc2)nnn1-c1cccc([N+](=O)[O-])c1. The van der Waals surface area contributed by atoms with E-state index in [0.29, 0.717) is 22.6 Å². The molecule has 30 heavy (non-hydrogen) atoms. The van der Waals surface area contributed by atoms with E-state index in [1.165, 1.54) is 22.9 Å². The predicted octanol–water partition coefficient (Wildman–Crippen LogP) is 2.87. The Labute approximate surface area is 172 Å². The van der Waals surface area contributed by atoms with Gasteiger partial charge in [0.15, 0.2) is 5.69 Å². The van der Waals surface area contributed by atoms with Gasteiger partial charge in [-0.3, -0.25) is 19.7 Å². The van der Waals surface area contributed by atoms with Gasteiger partial charge in [-0.2, -0.15) is 0 Å². The summed E-state index contributed by atoms with van der Waals surface area (Å²) in [4.78, 5) is 35.1. The first-order valence-corrected chi connectivity index (χ1v) is 9.15. The van der Waals surface area contributed by atoms with Gasteiger partial charge < -0.3 is 10.6 Å². The molecule has 2 N–H and O–H groups in total. The highest BCUT2D eigenvalue weighted by Crippen LogP contribution is 2.19. The summed E-state index contributed by atoms with van der Waals surface area (Å²) in [6.45, 7) is 5.39. The van der Waals surface area contributed by atoms with E-state index in [0.717, 1.165) is 0 Å². The molecule has 2 aromatic carbocycles. The number of hydrogen-bond acceptors (Lipinski definition) is 6. The Morgan fingerprint density at radius 2 is 1.80 bits per heavy atom. The fourth-order valence-electron chi connectivity index (χ4n) is 2.76. The van der Waals surface area contributed by atoms with Crippen molar-refractivity contribution in [2.45, 2.75) is 26.8 Å². The zero-order valence-corrected chi connectivity index (χ0v) is 16.6. The Bertz CT molecular complexity index is 1100. The van der Waals surface area contributed by atoms with Crippen LogP contribution >= 0.6 is 0 Å². The molecule has 0 atom stereocenters. The van der Waals surface area contributed by atoms with Crippen LogP contribution in [0.5, 0.6) is 0 Å². The number of amides is 2. The second kappa shape index (κ2) is 8.52. The largest absolute Gasteiger partial charge is 0.350 e. The number of carbonyl (C=O) groups excluding carboxylic acids is 2. The van der Waals surface area contributed by atoms with E-state index in [-0.39, 0.29) is 23.3 Å². The lowest BCUT2D eigenvalue weighted by Crippen LogP contribution is -2.30. The Morgan fingerprint density at radius 1 is 1.10 bits per heavy atom. The highest BCUT2D eigenvalue weighted by molar-refractivity contribution is 6.04. The van der Waals surface area contributed by atoms with Crippen molar-refractivity contribution in [1.29, 1.82) is 0 Å². The lowest BCUT2D eigenvalue weighted by molar-refractivity contribution is -0.384. The number of benzene rings is 2. The summed E-state index contributed by atoms with van der Waals surface area (Å²) in [5.74, 6) is -0.679. The number of nitro benzene ring substituents is 1. The van der Waals surface area contributed by atoms with Gasteiger partial charge in [-0.25, -0.2) is 4.68 Å². The average Bonchev–Trinajstić information content (AvgIpc) is 3.09. The summed E-state index contributed by atoms with van der Waals surface area (Å²) in [6.07, 6.45) is 0. The van der Waals surface area contributed by atoms with Gasteiger partial charge >= 0.3 is 0 Å². The van der Waals surface area contributed by atoms with Crippen LogP contribution in [0, 0.1) is 17.0 Å². The maximum absolute atomic E-state index is 12.6. The number of rotatable bonds is 6. The maximum atomic E-state index is 12.6. The Hall–Kier alpha value is -4.08. The van der Waals surface area contributed by atoms with Crippen molar-refractivity contribution < 1.29 is 14.5 Å². The number of nitrogens with zero attached hydrogens (tertiary/aromatic N) is 4. The van der Waals surface area contributed by atoms with Crippen LogP contribution in [0.25, 0.3) is 5.69 Å². The van der Waals surface area contributed by atoms with Crippen molar-refractivity contribution in [2.24, 2.45) is 0 Å². The zero-order chi connectivity index (χ0) is 21.8. The number of anilines is 1. The molecule has 0 saturated carbocycles. The van der Waals surface area contributed by atoms with Gasteiger partial charge in [0.2, 0.25) is 0 Å². The summed E-state index contributed by atoms with van der Waals surface area (Å²) >= 11 is 0. The number of nitro groups is 1. The van der Waals surface area contributed by atoms with E-state index < -0.39 is 10.8 Å². The molecule has 0 aliphatic carbocycles. The third-order valence-corrected chi connectivity index (χ3v) is 4.22. The Morgan fingerprint density at radius 3 is 2.43 bits per heavy atom. The molecular weight excluding hydrogens is 388 g/mol. The molecule has 0 aliphatic rings. The summed E-state index contributed by atoms with van der Waals surface area (Å²) in [5.41, 5.74) is 1.83. The Balaban J connectivity index is 1.76. The van der Waals surface area contributed by atoms with E-state index in [4.69, 9.17) is 0 Å². The monoisotopic (exact) mass is 408 g/mol. The molecule has 2 amide bonds. The van der Waals surface area contributed by atoms with Gasteiger partial charge in [0.1, 0.15) is 0 Å². The molecule has 0 aliphatic heterocycles. The molecule has 10 heteroatoms. The van der Waals surface area contributed by atoms with Crippen molar-refractivity contribution in [3.8, 4) is 5.69 Å². The summed E-state index contributed by atoms with van der Waals surface area (Å²) < 4.78 is 1.36. The molecule has 0 radical (unpaired) electrons. The van der Waals surface area contributed by atoms with E-state index >= 15 is 0 Å². The van der Waals surface area contributed by atoms with E-state index in [2.05, 4.69) is 20.9 Å². The van der Waals surface area contributed by atoms with E-state index in [9.17, 15) is 19.7 Å². The number of hydrogen-bond donors (Lipinski definition) is 2. The van der Waals surface area contributed by atoms with Crippen LogP contribution in [0.1, 0.15) is 40.4 Å². The second-order valence-corrected chi connectivity index (χ2v) is 6.87. The Kier molecular flexibility index (Phi) is 5.86. The predicted molar refractivity (Wildman–Crippen MR) is 110 cm³/mol. The molecule has 1 aromatic heterocycles. The van der Waals surface area contributed by atoms with Crippen LogP contribution in [0.15, 0.2) is 48.5 Å². The fourth-order valence-corrected chi connectivity index (χ4v) is 2.76. The van der Waals surface area contributed by atoms with Crippen molar-refractivity contribution >= 4 is 23.2 Å². The molecular formula is C20H20N6O4. The number of aromatic nitrogens is 3. The van der Waals surface area contributed by atoms with Crippen LogP contribution in [-0.2, 0) is 0 Å². The topological polar surface area (TPSA) is 132 Å². The summed E-state index contributed by atoms with van der Waals surface area (Å²) in [6, 6.07) is 12.4. The van der Waals surface area contributed by atoms with Gasteiger partial charge in [0.25, 0.3) is 17.5 Å². The van der Waals surface area contributed by atoms with Crippen molar-refractivity contribution in [2.75, 3.05) is 5.32 Å². The lowest BCUT2D eigenvalue weighted by atomic mass is 10.2. The van der Waals surface area contributed by atoms with Crippen molar-refractivity contribution in [1.82, 2.24) is 20.3 Å². The van der Waals surface area contributed by atoms with Gasteiger partial charge in [-0.15, -0.1) is 5.10 Å². The molecule has 0 fully saturated rings. The van der Waals surface area contributed by atoms with Crippen LogP contribution < -0.4 is 10.6 Å². The van der Waals surface area contributed by atoms with Gasteiger partial charge in [-0.1, -0.05) is 11.3 Å². The van der Waals surface area contributed by atoms with Crippen LogP contribution in [0.4, 0.5) is 11.4 Å². The van der Waals surface area contributed by atoms with Crippen molar-refractivity contribution in [3.63, 3.8) is 0 Å². The fraction of sp³-hybridized carbons (Fsp3) is 0.200. The lowest BCUT2D eigenvalue weighted by Gasteiger charge is -2.09. The minimum Gasteiger partial charge on any atom is -0.350 e. The van der Waals surface area contributed by atoms with Gasteiger partial charge in [0.05, 0.1) is 16.3 Å². The van der Waals surface area contributed by atoms with Crippen LogP contribution in [0.2, 0.25) is 0 Å². The third kappa shape index (κ3) is 4.49. The molecule has 10 nitrogen and oxygen atoms in total. The molecule has 0 bridgehead atoms. The van der Waals surface area contributed by atoms with E-state index in [1.807, 2.05) is 13.8 Å². The highest BCUT2D eigenvalue weighted by atomic mass is 16.6. The second-order valence-electron chi connectivity index (χ2n) is 6.87. The first-order valence-electron chi connectivity index (χ1n) is 9.15.